The maximum atomic E-state index is 11.6. The Kier molecular flexibility index (Phi) is 3.32. The third-order valence-corrected chi connectivity index (χ3v) is 3.13. The monoisotopic (exact) mass is 242 g/mol. The Morgan fingerprint density at radius 2 is 1.83 bits per heavy atom. The minimum atomic E-state index is -0.0954. The van der Waals surface area contributed by atoms with Crippen LogP contribution in [0.15, 0.2) is 29.1 Å². The Morgan fingerprint density at radius 3 is 2.44 bits per heavy atom. The van der Waals surface area contributed by atoms with Crippen LogP contribution in [0.25, 0.3) is 11.4 Å². The fourth-order valence-electron chi connectivity index (χ4n) is 1.80. The molecule has 0 atom stereocenters. The summed E-state index contributed by atoms with van der Waals surface area (Å²) in [5, 5.41) is 0. The van der Waals surface area contributed by atoms with Gasteiger partial charge in [0.25, 0.3) is 5.56 Å². The molecule has 2 rings (SSSR count). The molecule has 3 heteroatoms. The minimum Gasteiger partial charge on any atom is -0.307 e. The van der Waals surface area contributed by atoms with Crippen molar-refractivity contribution in [3.05, 3.63) is 51.4 Å². The first kappa shape index (κ1) is 12.6. The number of aryl methyl sites for hydroxylation is 2. The van der Waals surface area contributed by atoms with Gasteiger partial charge >= 0.3 is 0 Å². The fourth-order valence-corrected chi connectivity index (χ4v) is 1.80. The van der Waals surface area contributed by atoms with Gasteiger partial charge in [0.15, 0.2) is 0 Å². The highest BCUT2D eigenvalue weighted by Gasteiger charge is 2.07. The number of rotatable bonds is 2. The zero-order valence-corrected chi connectivity index (χ0v) is 11.2. The van der Waals surface area contributed by atoms with Crippen molar-refractivity contribution in [1.29, 1.82) is 0 Å². The Morgan fingerprint density at radius 1 is 1.11 bits per heavy atom. The standard InChI is InChI=1S/C15H18N2O/c1-9(2)13-8-14(18)17-15(16-13)12-6-5-10(3)11(4)7-12/h5-9H,1-4H3,(H,16,17,18). The van der Waals surface area contributed by atoms with Crippen molar-refractivity contribution in [1.82, 2.24) is 9.97 Å². The number of hydrogen-bond donors (Lipinski definition) is 1. The van der Waals surface area contributed by atoms with E-state index in [2.05, 4.69) is 29.9 Å². The van der Waals surface area contributed by atoms with Gasteiger partial charge in [-0.3, -0.25) is 4.79 Å². The molecule has 0 saturated carbocycles. The van der Waals surface area contributed by atoms with Crippen LogP contribution >= 0.6 is 0 Å². The van der Waals surface area contributed by atoms with E-state index in [0.717, 1.165) is 11.3 Å². The lowest BCUT2D eigenvalue weighted by atomic mass is 10.1. The van der Waals surface area contributed by atoms with Crippen molar-refractivity contribution in [3.8, 4) is 11.4 Å². The lowest BCUT2D eigenvalue weighted by molar-refractivity contribution is 0.812. The van der Waals surface area contributed by atoms with Gasteiger partial charge in [0, 0.05) is 11.6 Å². The van der Waals surface area contributed by atoms with E-state index in [-0.39, 0.29) is 11.5 Å². The molecule has 0 saturated heterocycles. The number of H-pyrrole nitrogens is 1. The summed E-state index contributed by atoms with van der Waals surface area (Å²) in [6.07, 6.45) is 0. The molecule has 1 aromatic heterocycles. The number of nitrogens with zero attached hydrogens (tertiary/aromatic N) is 1. The van der Waals surface area contributed by atoms with Gasteiger partial charge in [0.2, 0.25) is 0 Å². The van der Waals surface area contributed by atoms with Crippen LogP contribution in [0, 0.1) is 13.8 Å². The fraction of sp³-hybridized carbons (Fsp3) is 0.333. The number of aromatic amines is 1. The van der Waals surface area contributed by atoms with Crippen LogP contribution in [0.2, 0.25) is 0 Å². The van der Waals surface area contributed by atoms with Crippen molar-refractivity contribution >= 4 is 0 Å². The number of nitrogens with one attached hydrogen (secondary N) is 1. The average molecular weight is 242 g/mol. The maximum absolute atomic E-state index is 11.6. The van der Waals surface area contributed by atoms with Gasteiger partial charge < -0.3 is 4.98 Å². The second kappa shape index (κ2) is 4.77. The quantitative estimate of drug-likeness (QED) is 0.879. The van der Waals surface area contributed by atoms with Crippen molar-refractivity contribution < 1.29 is 0 Å². The van der Waals surface area contributed by atoms with Gasteiger partial charge in [-0.2, -0.15) is 0 Å². The molecule has 1 aromatic carbocycles. The van der Waals surface area contributed by atoms with E-state index in [1.54, 1.807) is 6.07 Å². The molecule has 94 valence electrons. The van der Waals surface area contributed by atoms with Gasteiger partial charge in [0.05, 0.1) is 5.69 Å². The molecular formula is C15H18N2O. The topological polar surface area (TPSA) is 45.8 Å². The summed E-state index contributed by atoms with van der Waals surface area (Å²) in [6.45, 7) is 8.20. The summed E-state index contributed by atoms with van der Waals surface area (Å²) >= 11 is 0. The lowest BCUT2D eigenvalue weighted by Crippen LogP contribution is -2.11. The molecule has 1 N–H and O–H groups in total. The molecule has 0 spiro atoms. The minimum absolute atomic E-state index is 0.0954. The summed E-state index contributed by atoms with van der Waals surface area (Å²) in [5.74, 6) is 0.895. The van der Waals surface area contributed by atoms with Crippen LogP contribution in [0.3, 0.4) is 0 Å². The van der Waals surface area contributed by atoms with Crippen LogP contribution < -0.4 is 5.56 Å². The Hall–Kier alpha value is -1.90. The molecule has 0 fully saturated rings. The lowest BCUT2D eigenvalue weighted by Gasteiger charge is -2.08. The van der Waals surface area contributed by atoms with Gasteiger partial charge in [-0.1, -0.05) is 26.0 Å². The summed E-state index contributed by atoms with van der Waals surface area (Å²) in [6, 6.07) is 7.66. The van der Waals surface area contributed by atoms with Gasteiger partial charge in [0.1, 0.15) is 5.82 Å². The Bertz CT molecular complexity index is 627. The van der Waals surface area contributed by atoms with Crippen molar-refractivity contribution in [2.45, 2.75) is 33.6 Å². The maximum Gasteiger partial charge on any atom is 0.251 e. The molecule has 1 heterocycles. The second-order valence-corrected chi connectivity index (χ2v) is 4.97. The highest BCUT2D eigenvalue weighted by atomic mass is 16.1. The smallest absolute Gasteiger partial charge is 0.251 e. The predicted octanol–water partition coefficient (Wildman–Crippen LogP) is 3.18. The first-order chi connectivity index (χ1) is 8.47. The highest BCUT2D eigenvalue weighted by Crippen LogP contribution is 2.19. The van der Waals surface area contributed by atoms with Gasteiger partial charge in [-0.25, -0.2) is 4.98 Å². The molecule has 0 amide bonds. The molecular weight excluding hydrogens is 224 g/mol. The van der Waals surface area contributed by atoms with E-state index in [1.807, 2.05) is 26.0 Å². The zero-order valence-electron chi connectivity index (χ0n) is 11.2. The summed E-state index contributed by atoms with van der Waals surface area (Å²) in [4.78, 5) is 19.0. The van der Waals surface area contributed by atoms with Crippen LogP contribution in [-0.4, -0.2) is 9.97 Å². The number of benzene rings is 1. The third kappa shape index (κ3) is 2.50. The molecule has 2 aromatic rings. The van der Waals surface area contributed by atoms with Gasteiger partial charge in [-0.15, -0.1) is 0 Å². The van der Waals surface area contributed by atoms with Crippen LogP contribution in [0.1, 0.15) is 36.6 Å². The summed E-state index contributed by atoms with van der Waals surface area (Å²) in [5.41, 5.74) is 4.12. The Balaban J connectivity index is 2.56. The van der Waals surface area contributed by atoms with Gasteiger partial charge in [-0.05, 0) is 37.0 Å². The van der Waals surface area contributed by atoms with Crippen LogP contribution in [0.5, 0.6) is 0 Å². The molecule has 0 aliphatic rings. The number of hydrogen-bond acceptors (Lipinski definition) is 2. The molecule has 18 heavy (non-hydrogen) atoms. The second-order valence-electron chi connectivity index (χ2n) is 4.97. The first-order valence-corrected chi connectivity index (χ1v) is 6.16. The van der Waals surface area contributed by atoms with Crippen molar-refractivity contribution in [3.63, 3.8) is 0 Å². The van der Waals surface area contributed by atoms with Crippen LogP contribution in [0.4, 0.5) is 0 Å². The van der Waals surface area contributed by atoms with E-state index < -0.39 is 0 Å². The van der Waals surface area contributed by atoms with Crippen molar-refractivity contribution in [2.75, 3.05) is 0 Å². The van der Waals surface area contributed by atoms with E-state index >= 15 is 0 Å². The summed E-state index contributed by atoms with van der Waals surface area (Å²) < 4.78 is 0. The first-order valence-electron chi connectivity index (χ1n) is 6.16. The van der Waals surface area contributed by atoms with E-state index in [0.29, 0.717) is 5.82 Å². The largest absolute Gasteiger partial charge is 0.307 e. The highest BCUT2D eigenvalue weighted by molar-refractivity contribution is 5.57. The van der Waals surface area contributed by atoms with E-state index in [1.165, 1.54) is 11.1 Å². The summed E-state index contributed by atoms with van der Waals surface area (Å²) in [7, 11) is 0. The average Bonchev–Trinajstić information content (AvgIpc) is 2.31. The molecule has 0 aliphatic carbocycles. The number of aromatic nitrogens is 2. The molecule has 3 nitrogen and oxygen atoms in total. The van der Waals surface area contributed by atoms with E-state index in [4.69, 9.17) is 0 Å². The van der Waals surface area contributed by atoms with Crippen LogP contribution in [-0.2, 0) is 0 Å². The normalized spacial score (nSPS) is 10.9. The molecule has 0 unspecified atom stereocenters. The molecule has 0 aliphatic heterocycles. The molecule has 0 bridgehead atoms. The van der Waals surface area contributed by atoms with Crippen molar-refractivity contribution in [2.24, 2.45) is 0 Å². The molecule has 0 radical (unpaired) electrons. The zero-order chi connectivity index (χ0) is 13.3. The predicted molar refractivity (Wildman–Crippen MR) is 73.9 cm³/mol. The van der Waals surface area contributed by atoms with E-state index in [9.17, 15) is 4.79 Å². The Labute approximate surface area is 107 Å². The SMILES string of the molecule is Cc1ccc(-c2nc(C(C)C)cc(=O)[nH]2)cc1C. The third-order valence-electron chi connectivity index (χ3n) is 3.13.